The van der Waals surface area contributed by atoms with Crippen molar-refractivity contribution in [1.29, 1.82) is 0 Å². The third-order valence-electron chi connectivity index (χ3n) is 3.55. The molecule has 1 heteroatoms. The van der Waals surface area contributed by atoms with Crippen LogP contribution < -0.4 is 0 Å². The Morgan fingerprint density at radius 2 is 1.94 bits per heavy atom. The van der Waals surface area contributed by atoms with Crippen molar-refractivity contribution in [2.75, 3.05) is 0 Å². The number of benzene rings is 1. The van der Waals surface area contributed by atoms with E-state index in [2.05, 4.69) is 47.9 Å². The van der Waals surface area contributed by atoms with Crippen LogP contribution in [0, 0.1) is 6.92 Å². The number of fused-ring (bicyclic) bond motifs is 1. The van der Waals surface area contributed by atoms with E-state index in [-0.39, 0.29) is 0 Å². The van der Waals surface area contributed by atoms with E-state index >= 15 is 0 Å². The van der Waals surface area contributed by atoms with Gasteiger partial charge in [0.1, 0.15) is 0 Å². The van der Waals surface area contributed by atoms with Crippen LogP contribution in [-0.2, 0) is 19.4 Å². The number of hydrogen-bond acceptors (Lipinski definition) is 0. The molecular weight excluding hydrogens is 194 g/mol. The minimum atomic E-state index is 1.03. The molecule has 1 aliphatic rings. The molecule has 3 rings (SSSR count). The summed E-state index contributed by atoms with van der Waals surface area (Å²) in [7, 11) is 0. The van der Waals surface area contributed by atoms with Crippen LogP contribution in [0.4, 0.5) is 0 Å². The molecule has 1 aromatic heterocycles. The number of aryl methyl sites for hydroxylation is 2. The molecular formula is C15H17N. The van der Waals surface area contributed by atoms with Crippen LogP contribution >= 0.6 is 0 Å². The fourth-order valence-corrected chi connectivity index (χ4v) is 2.74. The first-order valence-corrected chi connectivity index (χ1v) is 6.06. The molecule has 0 radical (unpaired) electrons. The summed E-state index contributed by atoms with van der Waals surface area (Å²) in [6, 6.07) is 13.1. The Hall–Kier alpha value is -1.50. The summed E-state index contributed by atoms with van der Waals surface area (Å²) in [4.78, 5) is 0. The van der Waals surface area contributed by atoms with Gasteiger partial charge in [-0.25, -0.2) is 0 Å². The van der Waals surface area contributed by atoms with Gasteiger partial charge in [0.15, 0.2) is 0 Å². The van der Waals surface area contributed by atoms with Crippen molar-refractivity contribution in [3.05, 3.63) is 58.9 Å². The van der Waals surface area contributed by atoms with Crippen LogP contribution in [0.5, 0.6) is 0 Å². The fourth-order valence-electron chi connectivity index (χ4n) is 2.74. The van der Waals surface area contributed by atoms with Crippen molar-refractivity contribution in [3.63, 3.8) is 0 Å². The summed E-state index contributed by atoms with van der Waals surface area (Å²) in [6.45, 7) is 3.25. The molecule has 0 amide bonds. The maximum absolute atomic E-state index is 2.48. The molecule has 82 valence electrons. The van der Waals surface area contributed by atoms with Gasteiger partial charge in [0, 0.05) is 17.9 Å². The summed E-state index contributed by atoms with van der Waals surface area (Å²) in [5.41, 5.74) is 5.96. The lowest BCUT2D eigenvalue weighted by molar-refractivity contribution is 0.720. The molecule has 0 aliphatic heterocycles. The third kappa shape index (κ3) is 1.57. The minimum absolute atomic E-state index is 1.03. The molecule has 0 unspecified atom stereocenters. The molecule has 2 aromatic rings. The molecule has 0 atom stereocenters. The van der Waals surface area contributed by atoms with Gasteiger partial charge >= 0.3 is 0 Å². The summed E-state index contributed by atoms with van der Waals surface area (Å²) in [6.07, 6.45) is 3.87. The van der Waals surface area contributed by atoms with Crippen molar-refractivity contribution in [3.8, 4) is 0 Å². The topological polar surface area (TPSA) is 4.93 Å². The van der Waals surface area contributed by atoms with Gasteiger partial charge in [-0.1, -0.05) is 30.3 Å². The summed E-state index contributed by atoms with van der Waals surface area (Å²) in [5.74, 6) is 0. The normalized spacial score (nSPS) is 14.1. The molecule has 0 spiro atoms. The van der Waals surface area contributed by atoms with E-state index in [1.165, 1.54) is 30.5 Å². The summed E-state index contributed by atoms with van der Waals surface area (Å²) < 4.78 is 2.48. The largest absolute Gasteiger partial charge is 0.344 e. The van der Waals surface area contributed by atoms with Gasteiger partial charge in [0.25, 0.3) is 0 Å². The molecule has 0 N–H and O–H groups in total. The van der Waals surface area contributed by atoms with E-state index in [1.54, 1.807) is 11.3 Å². The molecule has 1 aliphatic carbocycles. The second-order valence-electron chi connectivity index (χ2n) is 4.68. The predicted octanol–water partition coefficient (Wildman–Crippen LogP) is 3.33. The smallest absolute Gasteiger partial charge is 0.0475 e. The van der Waals surface area contributed by atoms with Gasteiger partial charge in [-0.3, -0.25) is 0 Å². The van der Waals surface area contributed by atoms with Crippen LogP contribution in [0.2, 0.25) is 0 Å². The number of nitrogens with zero attached hydrogens (tertiary/aromatic N) is 1. The van der Waals surface area contributed by atoms with Crippen LogP contribution in [0.15, 0.2) is 36.4 Å². The SMILES string of the molecule is Cc1cc2c(n1Cc1ccccc1)CCC2. The molecule has 0 fully saturated rings. The van der Waals surface area contributed by atoms with Gasteiger partial charge in [-0.15, -0.1) is 0 Å². The second-order valence-corrected chi connectivity index (χ2v) is 4.68. The van der Waals surface area contributed by atoms with E-state index in [1.807, 2.05) is 0 Å². The first kappa shape index (κ1) is 9.71. The maximum Gasteiger partial charge on any atom is 0.0475 e. The first-order valence-electron chi connectivity index (χ1n) is 6.06. The van der Waals surface area contributed by atoms with E-state index in [4.69, 9.17) is 0 Å². The van der Waals surface area contributed by atoms with Crippen molar-refractivity contribution in [2.45, 2.75) is 32.7 Å². The zero-order valence-electron chi connectivity index (χ0n) is 9.74. The van der Waals surface area contributed by atoms with Crippen LogP contribution in [0.3, 0.4) is 0 Å². The second kappa shape index (κ2) is 3.82. The zero-order chi connectivity index (χ0) is 11.0. The monoisotopic (exact) mass is 211 g/mol. The average Bonchev–Trinajstić information content (AvgIpc) is 2.84. The molecule has 1 heterocycles. The van der Waals surface area contributed by atoms with E-state index in [0.29, 0.717) is 0 Å². The molecule has 1 nitrogen and oxygen atoms in total. The standard InChI is InChI=1S/C15H17N/c1-12-10-14-8-5-9-15(14)16(12)11-13-6-3-2-4-7-13/h2-4,6-7,10H,5,8-9,11H2,1H3. The van der Waals surface area contributed by atoms with E-state index in [0.717, 1.165) is 6.54 Å². The molecule has 16 heavy (non-hydrogen) atoms. The van der Waals surface area contributed by atoms with Crippen molar-refractivity contribution in [1.82, 2.24) is 4.57 Å². The Bertz CT molecular complexity index is 494. The van der Waals surface area contributed by atoms with Crippen molar-refractivity contribution >= 4 is 0 Å². The highest BCUT2D eigenvalue weighted by Crippen LogP contribution is 2.26. The van der Waals surface area contributed by atoms with E-state index < -0.39 is 0 Å². The lowest BCUT2D eigenvalue weighted by Gasteiger charge is -2.10. The van der Waals surface area contributed by atoms with Gasteiger partial charge in [-0.2, -0.15) is 0 Å². The van der Waals surface area contributed by atoms with Gasteiger partial charge < -0.3 is 4.57 Å². The van der Waals surface area contributed by atoms with Gasteiger partial charge in [0.05, 0.1) is 0 Å². The minimum Gasteiger partial charge on any atom is -0.344 e. The lowest BCUT2D eigenvalue weighted by Crippen LogP contribution is -2.05. The summed E-state index contributed by atoms with van der Waals surface area (Å²) in [5, 5.41) is 0. The maximum atomic E-state index is 2.48. The highest BCUT2D eigenvalue weighted by Gasteiger charge is 2.17. The van der Waals surface area contributed by atoms with Crippen molar-refractivity contribution in [2.24, 2.45) is 0 Å². The lowest BCUT2D eigenvalue weighted by atomic mass is 10.2. The molecule has 0 saturated heterocycles. The Morgan fingerprint density at radius 1 is 1.12 bits per heavy atom. The number of rotatable bonds is 2. The van der Waals surface area contributed by atoms with Crippen LogP contribution in [-0.4, -0.2) is 4.57 Å². The Morgan fingerprint density at radius 3 is 2.75 bits per heavy atom. The molecule has 0 bridgehead atoms. The number of aromatic nitrogens is 1. The van der Waals surface area contributed by atoms with Crippen LogP contribution in [0.1, 0.15) is 28.9 Å². The van der Waals surface area contributed by atoms with Gasteiger partial charge in [-0.05, 0) is 43.4 Å². The average molecular weight is 211 g/mol. The quantitative estimate of drug-likeness (QED) is 0.718. The summed E-state index contributed by atoms with van der Waals surface area (Å²) >= 11 is 0. The number of hydrogen-bond donors (Lipinski definition) is 0. The Labute approximate surface area is 96.7 Å². The van der Waals surface area contributed by atoms with Crippen molar-refractivity contribution < 1.29 is 0 Å². The Balaban J connectivity index is 1.96. The van der Waals surface area contributed by atoms with Crippen LogP contribution in [0.25, 0.3) is 0 Å². The predicted molar refractivity (Wildman–Crippen MR) is 66.7 cm³/mol. The third-order valence-corrected chi connectivity index (χ3v) is 3.55. The molecule has 1 aromatic carbocycles. The van der Waals surface area contributed by atoms with E-state index in [9.17, 15) is 0 Å². The fraction of sp³-hybridized carbons (Fsp3) is 0.333. The first-order chi connectivity index (χ1) is 7.84. The van der Waals surface area contributed by atoms with Gasteiger partial charge in [0.2, 0.25) is 0 Å². The highest BCUT2D eigenvalue weighted by molar-refractivity contribution is 5.32. The molecule has 0 saturated carbocycles. The highest BCUT2D eigenvalue weighted by atomic mass is 15.0. The Kier molecular flexibility index (Phi) is 2.32. The zero-order valence-corrected chi connectivity index (χ0v) is 9.74.